The molecular weight excluding hydrogens is 254 g/mol. The van der Waals surface area contributed by atoms with Crippen molar-refractivity contribution in [2.75, 3.05) is 6.61 Å². The summed E-state index contributed by atoms with van der Waals surface area (Å²) in [6.07, 6.45) is 1.33. The van der Waals surface area contributed by atoms with Crippen LogP contribution in [-0.4, -0.2) is 23.5 Å². The maximum atomic E-state index is 13.6. The zero-order chi connectivity index (χ0) is 13.1. The summed E-state index contributed by atoms with van der Waals surface area (Å²) in [4.78, 5) is 14.7. The molecule has 0 aromatic carbocycles. The van der Waals surface area contributed by atoms with Crippen LogP contribution in [0.1, 0.15) is 18.5 Å². The second-order valence-corrected chi connectivity index (χ2v) is 3.56. The van der Waals surface area contributed by atoms with Crippen molar-refractivity contribution >= 4 is 17.6 Å². The van der Waals surface area contributed by atoms with E-state index in [4.69, 9.17) is 17.3 Å². The van der Waals surface area contributed by atoms with Crippen LogP contribution in [-0.2, 0) is 9.53 Å². The monoisotopic (exact) mass is 264 g/mol. The molecule has 0 amide bonds. The number of esters is 1. The Hall–Kier alpha value is -1.27. The average molecular weight is 265 g/mol. The van der Waals surface area contributed by atoms with Gasteiger partial charge in [0.05, 0.1) is 6.61 Å². The highest BCUT2D eigenvalue weighted by Gasteiger charge is 2.48. The number of halogens is 3. The van der Waals surface area contributed by atoms with E-state index in [0.29, 0.717) is 0 Å². The molecule has 0 aliphatic carbocycles. The molecule has 7 heteroatoms. The number of pyridine rings is 1. The van der Waals surface area contributed by atoms with Gasteiger partial charge in [0.2, 0.25) is 0 Å². The number of carbonyl (C=O) groups is 1. The molecule has 0 spiro atoms. The first-order valence-electron chi connectivity index (χ1n) is 4.82. The van der Waals surface area contributed by atoms with E-state index in [0.717, 1.165) is 0 Å². The molecule has 1 aromatic heterocycles. The molecule has 2 N–H and O–H groups in total. The lowest BCUT2D eigenvalue weighted by Gasteiger charge is -2.22. The third kappa shape index (κ3) is 2.89. The summed E-state index contributed by atoms with van der Waals surface area (Å²) in [7, 11) is 0. The third-order valence-corrected chi connectivity index (χ3v) is 2.38. The zero-order valence-corrected chi connectivity index (χ0v) is 9.75. The van der Waals surface area contributed by atoms with Crippen molar-refractivity contribution in [3.05, 3.63) is 29.0 Å². The molecule has 0 saturated carbocycles. The second-order valence-electron chi connectivity index (χ2n) is 3.20. The second kappa shape index (κ2) is 5.37. The molecule has 94 valence electrons. The van der Waals surface area contributed by atoms with Crippen molar-refractivity contribution in [3.63, 3.8) is 0 Å². The van der Waals surface area contributed by atoms with Gasteiger partial charge in [0, 0.05) is 11.8 Å². The van der Waals surface area contributed by atoms with Gasteiger partial charge in [-0.05, 0) is 13.0 Å². The molecule has 0 aliphatic rings. The largest absolute Gasteiger partial charge is 0.462 e. The Bertz CT molecular complexity index is 415. The summed E-state index contributed by atoms with van der Waals surface area (Å²) in [5, 5.41) is -0.163. The van der Waals surface area contributed by atoms with E-state index in [1.54, 1.807) is 0 Å². The predicted octanol–water partition coefficient (Wildman–Crippen LogP) is 1.93. The minimum atomic E-state index is -3.84. The molecular formula is C10H11ClF2N2O2. The van der Waals surface area contributed by atoms with Crippen LogP contribution in [0, 0.1) is 0 Å². The number of carbonyl (C=O) groups excluding carboxylic acids is 1. The van der Waals surface area contributed by atoms with Gasteiger partial charge in [-0.15, -0.1) is 0 Å². The minimum absolute atomic E-state index is 0.104. The highest BCUT2D eigenvalue weighted by molar-refractivity contribution is 6.30. The lowest BCUT2D eigenvalue weighted by molar-refractivity contribution is -0.174. The molecule has 1 heterocycles. The van der Waals surface area contributed by atoms with Gasteiger partial charge in [-0.2, -0.15) is 8.78 Å². The van der Waals surface area contributed by atoms with Gasteiger partial charge in [0.1, 0.15) is 11.2 Å². The van der Waals surface area contributed by atoms with Gasteiger partial charge in [-0.3, -0.25) is 0 Å². The summed E-state index contributed by atoms with van der Waals surface area (Å²) >= 11 is 5.63. The normalized spacial score (nSPS) is 13.2. The zero-order valence-electron chi connectivity index (χ0n) is 8.99. The number of hydrogen-bond acceptors (Lipinski definition) is 4. The molecule has 0 bridgehead atoms. The minimum Gasteiger partial charge on any atom is -0.462 e. The standard InChI is InChI=1S/C10H11ClF2N2O2/c1-2-17-9(16)10(12,13)7(14)6-4-3-5-15-8(6)11/h3-5,7H,2,14H2,1H3/t7-/m1/s1. The van der Waals surface area contributed by atoms with Crippen molar-refractivity contribution in [2.24, 2.45) is 5.73 Å². The number of hydrogen-bond donors (Lipinski definition) is 1. The Morgan fingerprint density at radius 2 is 2.35 bits per heavy atom. The van der Waals surface area contributed by atoms with E-state index in [9.17, 15) is 13.6 Å². The van der Waals surface area contributed by atoms with E-state index in [1.807, 2.05) is 0 Å². The summed E-state index contributed by atoms with van der Waals surface area (Å²) in [6.45, 7) is 1.28. The molecule has 1 aromatic rings. The highest BCUT2D eigenvalue weighted by atomic mass is 35.5. The lowest BCUT2D eigenvalue weighted by Crippen LogP contribution is -2.41. The van der Waals surface area contributed by atoms with Gasteiger partial charge in [-0.1, -0.05) is 17.7 Å². The van der Waals surface area contributed by atoms with Crippen molar-refractivity contribution in [1.29, 1.82) is 0 Å². The number of nitrogens with two attached hydrogens (primary N) is 1. The fourth-order valence-corrected chi connectivity index (χ4v) is 1.42. The van der Waals surface area contributed by atoms with Crippen LogP contribution < -0.4 is 5.73 Å². The maximum Gasteiger partial charge on any atom is 0.379 e. The first kappa shape index (κ1) is 13.8. The van der Waals surface area contributed by atoms with Crippen LogP contribution in [0.2, 0.25) is 5.15 Å². The number of ether oxygens (including phenoxy) is 1. The van der Waals surface area contributed by atoms with Crippen molar-refractivity contribution in [3.8, 4) is 0 Å². The van der Waals surface area contributed by atoms with Crippen LogP contribution in [0.3, 0.4) is 0 Å². The summed E-state index contributed by atoms with van der Waals surface area (Å²) in [5.74, 6) is -5.52. The van der Waals surface area contributed by atoms with Gasteiger partial charge in [0.25, 0.3) is 0 Å². The first-order chi connectivity index (χ1) is 7.91. The van der Waals surface area contributed by atoms with Crippen LogP contribution in [0.5, 0.6) is 0 Å². The Kier molecular flexibility index (Phi) is 4.36. The number of rotatable bonds is 4. The molecule has 0 saturated heterocycles. The molecule has 1 atom stereocenters. The number of aromatic nitrogens is 1. The topological polar surface area (TPSA) is 65.2 Å². The number of alkyl halides is 2. The molecule has 1 rings (SSSR count). The van der Waals surface area contributed by atoms with Gasteiger partial charge >= 0.3 is 11.9 Å². The Morgan fingerprint density at radius 1 is 1.71 bits per heavy atom. The Morgan fingerprint density at radius 3 is 2.88 bits per heavy atom. The van der Waals surface area contributed by atoms with Gasteiger partial charge in [0.15, 0.2) is 0 Å². The first-order valence-corrected chi connectivity index (χ1v) is 5.20. The summed E-state index contributed by atoms with van der Waals surface area (Å²) < 4.78 is 31.4. The Balaban J connectivity index is 3.00. The lowest BCUT2D eigenvalue weighted by atomic mass is 10.0. The van der Waals surface area contributed by atoms with Crippen molar-refractivity contribution < 1.29 is 18.3 Å². The van der Waals surface area contributed by atoms with Crippen LogP contribution >= 0.6 is 11.6 Å². The van der Waals surface area contributed by atoms with E-state index in [2.05, 4.69) is 9.72 Å². The van der Waals surface area contributed by atoms with E-state index in [-0.39, 0.29) is 17.3 Å². The van der Waals surface area contributed by atoms with Gasteiger partial charge in [-0.25, -0.2) is 9.78 Å². The van der Waals surface area contributed by atoms with Crippen molar-refractivity contribution in [2.45, 2.75) is 18.9 Å². The van der Waals surface area contributed by atoms with E-state index >= 15 is 0 Å². The Labute approximate surface area is 102 Å². The third-order valence-electron chi connectivity index (χ3n) is 2.06. The smallest absolute Gasteiger partial charge is 0.379 e. The molecule has 0 unspecified atom stereocenters. The van der Waals surface area contributed by atoms with Gasteiger partial charge < -0.3 is 10.5 Å². The molecule has 0 radical (unpaired) electrons. The predicted molar refractivity (Wildman–Crippen MR) is 57.8 cm³/mol. The molecule has 0 aliphatic heterocycles. The fourth-order valence-electron chi connectivity index (χ4n) is 1.18. The average Bonchev–Trinajstić information content (AvgIpc) is 2.29. The SMILES string of the molecule is CCOC(=O)C(F)(F)[C@H](N)c1cccnc1Cl. The summed E-state index contributed by atoms with van der Waals surface area (Å²) in [5.41, 5.74) is 5.23. The molecule has 0 fully saturated rings. The number of nitrogens with zero attached hydrogens (tertiary/aromatic N) is 1. The van der Waals surface area contributed by atoms with Crippen LogP contribution in [0.25, 0.3) is 0 Å². The molecule has 17 heavy (non-hydrogen) atoms. The van der Waals surface area contributed by atoms with E-state index < -0.39 is 17.9 Å². The summed E-state index contributed by atoms with van der Waals surface area (Å²) in [6, 6.07) is 0.804. The highest BCUT2D eigenvalue weighted by Crippen LogP contribution is 2.33. The molecule has 4 nitrogen and oxygen atoms in total. The van der Waals surface area contributed by atoms with Crippen LogP contribution in [0.15, 0.2) is 18.3 Å². The van der Waals surface area contributed by atoms with Crippen molar-refractivity contribution in [1.82, 2.24) is 4.98 Å². The van der Waals surface area contributed by atoms with E-state index in [1.165, 1.54) is 25.3 Å². The quantitative estimate of drug-likeness (QED) is 0.667. The van der Waals surface area contributed by atoms with Crippen LogP contribution in [0.4, 0.5) is 8.78 Å². The fraction of sp³-hybridized carbons (Fsp3) is 0.400. The maximum absolute atomic E-state index is 13.6.